The third-order valence-corrected chi connectivity index (χ3v) is 8.26. The van der Waals surface area contributed by atoms with Crippen LogP contribution >= 0.6 is 0 Å². The number of hydrogen-bond acceptors (Lipinski definition) is 4. The predicted molar refractivity (Wildman–Crippen MR) is 125 cm³/mol. The van der Waals surface area contributed by atoms with Crippen molar-refractivity contribution in [3.05, 3.63) is 29.3 Å². The molecule has 1 aromatic rings. The maximum atomic E-state index is 13.4. The van der Waals surface area contributed by atoms with Gasteiger partial charge in [0.15, 0.2) is 0 Å². The van der Waals surface area contributed by atoms with Crippen molar-refractivity contribution in [1.82, 2.24) is 4.90 Å². The summed E-state index contributed by atoms with van der Waals surface area (Å²) in [6, 6.07) is 5.44. The lowest BCUT2D eigenvalue weighted by atomic mass is 9.78. The van der Waals surface area contributed by atoms with Crippen LogP contribution in [0.1, 0.15) is 62.5 Å². The Labute approximate surface area is 204 Å². The summed E-state index contributed by atoms with van der Waals surface area (Å²) in [4.78, 5) is 28.8. The van der Waals surface area contributed by atoms with Crippen molar-refractivity contribution >= 4 is 17.5 Å². The highest BCUT2D eigenvalue weighted by Crippen LogP contribution is 2.39. The monoisotopic (exact) mass is 490 g/mol. The normalized spacial score (nSPS) is 24.1. The lowest BCUT2D eigenvalue weighted by Gasteiger charge is -2.37. The van der Waals surface area contributed by atoms with E-state index in [-0.39, 0.29) is 35.1 Å². The first-order valence-electron chi connectivity index (χ1n) is 12.6. The number of nitriles is 1. The third-order valence-electron chi connectivity index (χ3n) is 8.26. The summed E-state index contributed by atoms with van der Waals surface area (Å²) in [5, 5.41) is 9.03. The van der Waals surface area contributed by atoms with Crippen molar-refractivity contribution in [2.45, 2.75) is 57.5 Å². The zero-order chi connectivity index (χ0) is 25.2. The molecule has 35 heavy (non-hydrogen) atoms. The minimum absolute atomic E-state index is 0.0169. The molecular weight excluding hydrogens is 457 g/mol. The van der Waals surface area contributed by atoms with Gasteiger partial charge in [0.1, 0.15) is 0 Å². The second-order valence-electron chi connectivity index (χ2n) is 10.3. The lowest BCUT2D eigenvalue weighted by molar-refractivity contribution is -0.137. The summed E-state index contributed by atoms with van der Waals surface area (Å²) < 4.78 is 40.1. The zero-order valence-corrected chi connectivity index (χ0v) is 19.9. The first-order chi connectivity index (χ1) is 16.7. The van der Waals surface area contributed by atoms with Crippen LogP contribution in [0, 0.1) is 35.0 Å². The van der Waals surface area contributed by atoms with E-state index in [1.54, 1.807) is 17.0 Å². The van der Waals surface area contributed by atoms with Crippen LogP contribution in [0.25, 0.3) is 0 Å². The lowest BCUT2D eigenvalue weighted by Crippen LogP contribution is -2.40. The number of likely N-dealkylation sites (tertiary alicyclic amines) is 1. The van der Waals surface area contributed by atoms with Crippen LogP contribution in [0.3, 0.4) is 0 Å². The number of hydrogen-bond donors (Lipinski definition) is 1. The third kappa shape index (κ3) is 5.74. The number of primary amides is 1. The quantitative estimate of drug-likeness (QED) is 0.643. The van der Waals surface area contributed by atoms with Gasteiger partial charge in [-0.3, -0.25) is 9.59 Å². The Morgan fingerprint density at radius 3 is 2.37 bits per heavy atom. The number of carbonyl (C=O) groups is 2. The molecule has 3 fully saturated rings. The molecule has 2 atom stereocenters. The Hall–Kier alpha value is -2.76. The number of alkyl halides is 3. The van der Waals surface area contributed by atoms with Gasteiger partial charge in [-0.25, -0.2) is 0 Å². The molecule has 3 aliphatic rings. The van der Waals surface area contributed by atoms with E-state index in [4.69, 9.17) is 11.0 Å². The average Bonchev–Trinajstić information content (AvgIpc) is 3.52. The molecule has 2 heterocycles. The van der Waals surface area contributed by atoms with Gasteiger partial charge in [-0.1, -0.05) is 25.7 Å². The van der Waals surface area contributed by atoms with Crippen molar-refractivity contribution in [1.29, 1.82) is 5.26 Å². The molecule has 2 amide bonds. The number of anilines is 1. The van der Waals surface area contributed by atoms with E-state index in [1.165, 1.54) is 31.7 Å². The largest absolute Gasteiger partial charge is 0.417 e. The Balaban J connectivity index is 1.37. The number of halogens is 3. The molecule has 2 saturated heterocycles. The fourth-order valence-electron chi connectivity index (χ4n) is 6.24. The van der Waals surface area contributed by atoms with Gasteiger partial charge < -0.3 is 15.5 Å². The molecule has 0 aromatic heterocycles. The highest BCUT2D eigenvalue weighted by molar-refractivity contribution is 5.81. The van der Waals surface area contributed by atoms with E-state index in [1.807, 2.05) is 4.90 Å². The summed E-state index contributed by atoms with van der Waals surface area (Å²) in [6.45, 7) is 1.99. The summed E-state index contributed by atoms with van der Waals surface area (Å²) in [5.41, 5.74) is 4.85. The summed E-state index contributed by atoms with van der Waals surface area (Å²) in [7, 11) is 0. The van der Waals surface area contributed by atoms with Gasteiger partial charge in [0.2, 0.25) is 11.8 Å². The number of carbonyl (C=O) groups excluding carboxylic acids is 2. The minimum Gasteiger partial charge on any atom is -0.372 e. The molecular formula is C26H33F3N4O2. The van der Waals surface area contributed by atoms with Crippen LogP contribution in [0.4, 0.5) is 18.9 Å². The SMILES string of the molecule is N#Cc1ccc(N2CCC(C3CN(C(=O)CCC4CCCC4)CC3C(N)=O)CC2)cc1C(F)(F)F. The number of piperidine rings is 1. The highest BCUT2D eigenvalue weighted by atomic mass is 19.4. The molecule has 6 nitrogen and oxygen atoms in total. The molecule has 2 unspecified atom stereocenters. The van der Waals surface area contributed by atoms with E-state index in [0.717, 1.165) is 12.5 Å². The summed E-state index contributed by atoms with van der Waals surface area (Å²) >= 11 is 0. The molecule has 9 heteroatoms. The standard InChI is InChI=1S/C26H33F3N4O2/c27-26(28,29)23-13-20(7-6-19(23)14-30)32-11-9-18(10-12-32)21-15-33(16-22(21)25(31)35)24(34)8-5-17-3-1-2-4-17/h6-7,13,17-18,21-22H,1-5,8-12,15-16H2,(H2,31,35). The minimum atomic E-state index is -4.59. The number of rotatable bonds is 6. The van der Waals surface area contributed by atoms with Crippen molar-refractivity contribution < 1.29 is 22.8 Å². The number of amides is 2. The molecule has 1 saturated carbocycles. The van der Waals surface area contributed by atoms with Crippen LogP contribution in [0.5, 0.6) is 0 Å². The maximum absolute atomic E-state index is 13.4. The second-order valence-corrected chi connectivity index (χ2v) is 10.3. The van der Waals surface area contributed by atoms with Crippen LogP contribution in [-0.4, -0.2) is 42.9 Å². The van der Waals surface area contributed by atoms with Gasteiger partial charge in [-0.15, -0.1) is 0 Å². The summed E-state index contributed by atoms with van der Waals surface area (Å²) in [6.07, 6.45) is 3.13. The Morgan fingerprint density at radius 2 is 1.77 bits per heavy atom. The number of benzene rings is 1. The molecule has 190 valence electrons. The zero-order valence-electron chi connectivity index (χ0n) is 19.9. The Kier molecular flexibility index (Phi) is 7.58. The average molecular weight is 491 g/mol. The molecule has 2 aliphatic heterocycles. The van der Waals surface area contributed by atoms with Crippen molar-refractivity contribution in [3.63, 3.8) is 0 Å². The van der Waals surface area contributed by atoms with Crippen LogP contribution in [-0.2, 0) is 15.8 Å². The van der Waals surface area contributed by atoms with Gasteiger partial charge >= 0.3 is 6.18 Å². The van der Waals surface area contributed by atoms with Crippen molar-refractivity contribution in [3.8, 4) is 6.07 Å². The van der Waals surface area contributed by atoms with Gasteiger partial charge in [0.05, 0.1) is 23.1 Å². The topological polar surface area (TPSA) is 90.4 Å². The fourth-order valence-corrected chi connectivity index (χ4v) is 6.24. The Morgan fingerprint density at radius 1 is 1.09 bits per heavy atom. The highest BCUT2D eigenvalue weighted by Gasteiger charge is 2.43. The molecule has 0 bridgehead atoms. The maximum Gasteiger partial charge on any atom is 0.417 e. The van der Waals surface area contributed by atoms with E-state index in [2.05, 4.69) is 0 Å². The van der Waals surface area contributed by atoms with E-state index < -0.39 is 11.7 Å². The molecule has 1 aromatic carbocycles. The summed E-state index contributed by atoms with van der Waals surface area (Å²) in [5.74, 6) is 0.127. The molecule has 0 radical (unpaired) electrons. The van der Waals surface area contributed by atoms with Gasteiger partial charge in [0.25, 0.3) is 0 Å². The van der Waals surface area contributed by atoms with Gasteiger partial charge in [-0.05, 0) is 55.2 Å². The first kappa shape index (κ1) is 25.3. The number of nitrogens with two attached hydrogens (primary N) is 1. The molecule has 4 rings (SSSR count). The van der Waals surface area contributed by atoms with Crippen LogP contribution in [0.2, 0.25) is 0 Å². The fraction of sp³-hybridized carbons (Fsp3) is 0.654. The molecule has 2 N–H and O–H groups in total. The second kappa shape index (κ2) is 10.5. The predicted octanol–water partition coefficient (Wildman–Crippen LogP) is 4.32. The molecule has 0 spiro atoms. The van der Waals surface area contributed by atoms with Crippen molar-refractivity contribution in [2.75, 3.05) is 31.1 Å². The van der Waals surface area contributed by atoms with Crippen LogP contribution < -0.4 is 10.6 Å². The van der Waals surface area contributed by atoms with E-state index in [9.17, 15) is 22.8 Å². The Bertz CT molecular complexity index is 976. The van der Waals surface area contributed by atoms with Crippen LogP contribution in [0.15, 0.2) is 18.2 Å². The molecule has 1 aliphatic carbocycles. The number of nitrogens with zero attached hydrogens (tertiary/aromatic N) is 3. The smallest absolute Gasteiger partial charge is 0.372 e. The van der Waals surface area contributed by atoms with E-state index in [0.29, 0.717) is 57.0 Å². The van der Waals surface area contributed by atoms with Gasteiger partial charge in [-0.2, -0.15) is 18.4 Å². The van der Waals surface area contributed by atoms with Gasteiger partial charge in [0, 0.05) is 38.3 Å². The van der Waals surface area contributed by atoms with E-state index >= 15 is 0 Å². The first-order valence-corrected chi connectivity index (χ1v) is 12.6. The van der Waals surface area contributed by atoms with Crippen molar-refractivity contribution in [2.24, 2.45) is 29.4 Å².